The van der Waals surface area contributed by atoms with Gasteiger partial charge in [-0.05, 0) is 99.8 Å². The number of para-hydroxylation sites is 1. The minimum absolute atomic E-state index is 0.836. The summed E-state index contributed by atoms with van der Waals surface area (Å²) in [6, 6.07) is 53.4. The molecular formula is C47H30N4O. The molecule has 10 aromatic rings. The van der Waals surface area contributed by atoms with Gasteiger partial charge in [0.1, 0.15) is 11.2 Å². The van der Waals surface area contributed by atoms with Gasteiger partial charge in [-0.3, -0.25) is 15.0 Å². The van der Waals surface area contributed by atoms with Crippen LogP contribution in [0.5, 0.6) is 0 Å². The standard InChI is InChI=1S/C47H30N4O/c1-2-4-46-43(3-1)44-30-50-45(27-47(44)52-46)35-13-19-42(20-14-35)51(40-15-9-31(10-16-40)36-7-5-33-21-23-48-28-38(33)25-36)41-17-11-32(12-18-41)37-8-6-34-22-24-49-29-39(34)26-37/h1-30H. The summed E-state index contributed by atoms with van der Waals surface area (Å²) in [4.78, 5) is 15.8. The Morgan fingerprint density at radius 3 is 1.48 bits per heavy atom. The zero-order valence-electron chi connectivity index (χ0n) is 28.0. The lowest BCUT2D eigenvalue weighted by atomic mass is 10.0. The van der Waals surface area contributed by atoms with Gasteiger partial charge in [0.25, 0.3) is 0 Å². The van der Waals surface area contributed by atoms with Crippen LogP contribution in [0, 0.1) is 0 Å². The number of anilines is 3. The van der Waals surface area contributed by atoms with E-state index in [1.165, 1.54) is 10.8 Å². The van der Waals surface area contributed by atoms with Crippen molar-refractivity contribution in [2.75, 3.05) is 4.90 Å². The second-order valence-corrected chi connectivity index (χ2v) is 13.0. The molecule has 0 unspecified atom stereocenters. The molecule has 0 aliphatic heterocycles. The van der Waals surface area contributed by atoms with Crippen LogP contribution in [0.15, 0.2) is 187 Å². The summed E-state index contributed by atoms with van der Waals surface area (Å²) < 4.78 is 6.16. The Labute approximate surface area is 300 Å². The zero-order chi connectivity index (χ0) is 34.4. The molecule has 0 spiro atoms. The summed E-state index contributed by atoms with van der Waals surface area (Å²) in [6.07, 6.45) is 9.42. The normalized spacial score (nSPS) is 11.5. The van der Waals surface area contributed by atoms with Crippen LogP contribution in [0.2, 0.25) is 0 Å². The predicted octanol–water partition coefficient (Wildman–Crippen LogP) is 12.5. The number of pyridine rings is 3. The third-order valence-corrected chi connectivity index (χ3v) is 9.88. The molecule has 4 aromatic heterocycles. The van der Waals surface area contributed by atoms with Crippen molar-refractivity contribution >= 4 is 60.5 Å². The Kier molecular flexibility index (Phi) is 7.07. The number of hydrogen-bond donors (Lipinski definition) is 0. The maximum atomic E-state index is 6.16. The third kappa shape index (κ3) is 5.32. The van der Waals surface area contributed by atoms with Crippen LogP contribution in [0.4, 0.5) is 17.1 Å². The van der Waals surface area contributed by atoms with Crippen molar-refractivity contribution in [2.24, 2.45) is 0 Å². The van der Waals surface area contributed by atoms with E-state index in [0.717, 1.165) is 83.3 Å². The molecule has 0 bridgehead atoms. The van der Waals surface area contributed by atoms with Gasteiger partial charge < -0.3 is 9.32 Å². The molecule has 10 rings (SSSR count). The fraction of sp³-hybridized carbons (Fsp3) is 0. The molecule has 6 aromatic carbocycles. The van der Waals surface area contributed by atoms with Crippen molar-refractivity contribution in [1.82, 2.24) is 15.0 Å². The quantitative estimate of drug-likeness (QED) is 0.177. The Hall–Kier alpha value is -7.11. The molecule has 52 heavy (non-hydrogen) atoms. The molecule has 5 nitrogen and oxygen atoms in total. The van der Waals surface area contributed by atoms with Crippen molar-refractivity contribution in [3.05, 3.63) is 183 Å². The first-order chi connectivity index (χ1) is 25.7. The summed E-state index contributed by atoms with van der Waals surface area (Å²) in [5.41, 5.74) is 11.4. The van der Waals surface area contributed by atoms with Gasteiger partial charge in [-0.15, -0.1) is 0 Å². The summed E-state index contributed by atoms with van der Waals surface area (Å²) >= 11 is 0. The molecule has 0 aliphatic carbocycles. The molecule has 244 valence electrons. The van der Waals surface area contributed by atoms with Crippen LogP contribution in [-0.2, 0) is 0 Å². The van der Waals surface area contributed by atoms with Crippen molar-refractivity contribution in [2.45, 2.75) is 0 Å². The monoisotopic (exact) mass is 666 g/mol. The average Bonchev–Trinajstić information content (AvgIpc) is 3.59. The van der Waals surface area contributed by atoms with E-state index in [4.69, 9.17) is 9.40 Å². The Morgan fingerprint density at radius 2 is 0.904 bits per heavy atom. The first-order valence-corrected chi connectivity index (χ1v) is 17.3. The Bertz CT molecular complexity index is 2770. The molecule has 4 heterocycles. The molecular weight excluding hydrogens is 637 g/mol. The van der Waals surface area contributed by atoms with E-state index in [2.05, 4.69) is 130 Å². The fourth-order valence-electron chi connectivity index (χ4n) is 7.14. The fourth-order valence-corrected chi connectivity index (χ4v) is 7.14. The highest BCUT2D eigenvalue weighted by atomic mass is 16.3. The highest BCUT2D eigenvalue weighted by Crippen LogP contribution is 2.38. The highest BCUT2D eigenvalue weighted by molar-refractivity contribution is 6.05. The number of benzene rings is 6. The number of aromatic nitrogens is 3. The largest absolute Gasteiger partial charge is 0.456 e. The van der Waals surface area contributed by atoms with Gasteiger partial charge in [-0.1, -0.05) is 78.9 Å². The van der Waals surface area contributed by atoms with Gasteiger partial charge >= 0.3 is 0 Å². The van der Waals surface area contributed by atoms with E-state index in [-0.39, 0.29) is 0 Å². The SMILES string of the molecule is c1ccc2c(c1)oc1cc(-c3ccc(N(c4ccc(-c5ccc6ccncc6c5)cc4)c4ccc(-c5ccc6ccncc6c5)cc4)cc3)ncc12. The second kappa shape index (κ2) is 12.3. The van der Waals surface area contributed by atoms with Gasteiger partial charge in [0, 0.05) is 81.2 Å². The second-order valence-electron chi connectivity index (χ2n) is 13.0. The summed E-state index contributed by atoms with van der Waals surface area (Å²) in [5, 5.41) is 6.72. The van der Waals surface area contributed by atoms with Crippen LogP contribution in [0.25, 0.3) is 77.0 Å². The minimum atomic E-state index is 0.836. The summed E-state index contributed by atoms with van der Waals surface area (Å²) in [5.74, 6) is 0. The van der Waals surface area contributed by atoms with Crippen molar-refractivity contribution < 1.29 is 4.42 Å². The molecule has 0 N–H and O–H groups in total. The van der Waals surface area contributed by atoms with Gasteiger partial charge in [-0.2, -0.15) is 0 Å². The van der Waals surface area contributed by atoms with Crippen molar-refractivity contribution in [3.63, 3.8) is 0 Å². The summed E-state index contributed by atoms with van der Waals surface area (Å²) in [7, 11) is 0. The number of fused-ring (bicyclic) bond motifs is 5. The highest BCUT2D eigenvalue weighted by Gasteiger charge is 2.15. The van der Waals surface area contributed by atoms with E-state index in [9.17, 15) is 0 Å². The first kappa shape index (κ1) is 29.8. The number of hydrogen-bond acceptors (Lipinski definition) is 5. The van der Waals surface area contributed by atoms with E-state index < -0.39 is 0 Å². The molecule has 5 heteroatoms. The Balaban J connectivity index is 1.02. The number of nitrogens with zero attached hydrogens (tertiary/aromatic N) is 4. The van der Waals surface area contributed by atoms with Gasteiger partial charge in [0.2, 0.25) is 0 Å². The molecule has 0 radical (unpaired) electrons. The van der Waals surface area contributed by atoms with Gasteiger partial charge in [0.15, 0.2) is 0 Å². The van der Waals surface area contributed by atoms with Crippen molar-refractivity contribution in [3.8, 4) is 33.5 Å². The van der Waals surface area contributed by atoms with Crippen molar-refractivity contribution in [1.29, 1.82) is 0 Å². The minimum Gasteiger partial charge on any atom is -0.456 e. The molecule has 0 saturated heterocycles. The lowest BCUT2D eigenvalue weighted by Gasteiger charge is -2.26. The maximum Gasteiger partial charge on any atom is 0.139 e. The zero-order valence-corrected chi connectivity index (χ0v) is 28.0. The van der Waals surface area contributed by atoms with Gasteiger partial charge in [0.05, 0.1) is 5.69 Å². The maximum absolute atomic E-state index is 6.16. The molecule has 0 atom stereocenters. The molecule has 0 fully saturated rings. The Morgan fingerprint density at radius 1 is 0.385 bits per heavy atom. The van der Waals surface area contributed by atoms with E-state index in [1.54, 1.807) is 0 Å². The van der Waals surface area contributed by atoms with Gasteiger partial charge in [-0.25, -0.2) is 0 Å². The molecule has 0 aliphatic rings. The van der Waals surface area contributed by atoms with E-state index in [0.29, 0.717) is 0 Å². The molecule has 0 amide bonds. The van der Waals surface area contributed by atoms with Crippen LogP contribution in [-0.4, -0.2) is 15.0 Å². The van der Waals surface area contributed by atoms with Crippen LogP contribution < -0.4 is 4.90 Å². The number of rotatable bonds is 6. The van der Waals surface area contributed by atoms with E-state index >= 15 is 0 Å². The van der Waals surface area contributed by atoms with E-state index in [1.807, 2.05) is 67.4 Å². The topological polar surface area (TPSA) is 55.1 Å². The first-order valence-electron chi connectivity index (χ1n) is 17.3. The third-order valence-electron chi connectivity index (χ3n) is 9.88. The number of furan rings is 1. The lowest BCUT2D eigenvalue weighted by Crippen LogP contribution is -2.09. The smallest absolute Gasteiger partial charge is 0.139 e. The van der Waals surface area contributed by atoms with Crippen LogP contribution in [0.3, 0.4) is 0 Å². The lowest BCUT2D eigenvalue weighted by molar-refractivity contribution is 0.668. The predicted molar refractivity (Wildman–Crippen MR) is 213 cm³/mol. The van der Waals surface area contributed by atoms with Crippen LogP contribution in [0.1, 0.15) is 0 Å². The summed E-state index contributed by atoms with van der Waals surface area (Å²) in [6.45, 7) is 0. The average molecular weight is 667 g/mol. The van der Waals surface area contributed by atoms with Crippen LogP contribution >= 0.6 is 0 Å². The molecule has 0 saturated carbocycles.